The van der Waals surface area contributed by atoms with Gasteiger partial charge in [0.05, 0.1) is 32.7 Å². The fraction of sp³-hybridized carbons (Fsp3) is 0.421. The number of nitrogens with one attached hydrogen (secondary N) is 1. The first-order chi connectivity index (χ1) is 14.2. The van der Waals surface area contributed by atoms with Crippen molar-refractivity contribution in [2.24, 2.45) is 0 Å². The number of methoxy groups -OCH3 is 2. The lowest BCUT2D eigenvalue weighted by Gasteiger charge is -2.31. The molecule has 0 atom stereocenters. The molecule has 0 spiro atoms. The number of likely N-dealkylation sites (N-methyl/N-ethyl adjacent to an activating group) is 1. The van der Waals surface area contributed by atoms with Crippen LogP contribution in [0.1, 0.15) is 5.69 Å². The highest BCUT2D eigenvalue weighted by Gasteiger charge is 2.19. The first-order valence-electron chi connectivity index (χ1n) is 9.42. The largest absolute Gasteiger partial charge is 0.493 e. The number of hydrogen-bond acceptors (Lipinski definition) is 9. The van der Waals surface area contributed by atoms with Gasteiger partial charge in [-0.1, -0.05) is 11.3 Å². The number of benzene rings is 1. The van der Waals surface area contributed by atoms with Crippen molar-refractivity contribution < 1.29 is 9.47 Å². The Hall–Kier alpha value is -2.85. The molecule has 3 heterocycles. The summed E-state index contributed by atoms with van der Waals surface area (Å²) >= 11 is 1.59. The second kappa shape index (κ2) is 8.66. The van der Waals surface area contributed by atoms with Crippen molar-refractivity contribution in [1.29, 1.82) is 0 Å². The van der Waals surface area contributed by atoms with E-state index in [1.165, 1.54) is 0 Å². The minimum absolute atomic E-state index is 0.596. The van der Waals surface area contributed by atoms with E-state index in [-0.39, 0.29) is 0 Å². The highest BCUT2D eigenvalue weighted by molar-refractivity contribution is 7.17. The topological polar surface area (TPSA) is 80.6 Å². The van der Waals surface area contributed by atoms with Crippen molar-refractivity contribution in [1.82, 2.24) is 24.6 Å². The molecule has 4 rings (SSSR count). The molecule has 0 saturated carbocycles. The normalized spacial score (nSPS) is 14.8. The van der Waals surface area contributed by atoms with Crippen LogP contribution in [0.25, 0.3) is 5.13 Å². The van der Waals surface area contributed by atoms with Crippen LogP contribution >= 0.6 is 11.3 Å². The van der Waals surface area contributed by atoms with Gasteiger partial charge < -0.3 is 24.6 Å². The zero-order valence-electron chi connectivity index (χ0n) is 16.8. The van der Waals surface area contributed by atoms with Crippen molar-refractivity contribution in [3.63, 3.8) is 0 Å². The minimum Gasteiger partial charge on any atom is -0.493 e. The van der Waals surface area contributed by atoms with Crippen LogP contribution < -0.4 is 19.7 Å². The smallest absolute Gasteiger partial charge is 0.219 e. The Morgan fingerprint density at radius 3 is 2.55 bits per heavy atom. The Balaban J connectivity index is 1.45. The Labute approximate surface area is 173 Å². The monoisotopic (exact) mass is 415 g/mol. The molecule has 0 amide bonds. The molecule has 9 nitrogen and oxygen atoms in total. The van der Waals surface area contributed by atoms with E-state index in [1.807, 2.05) is 29.0 Å². The number of aromatic nitrogens is 4. The summed E-state index contributed by atoms with van der Waals surface area (Å²) in [6.07, 6.45) is 3.62. The summed E-state index contributed by atoms with van der Waals surface area (Å²) in [4.78, 5) is 8.92. The maximum Gasteiger partial charge on any atom is 0.219 e. The van der Waals surface area contributed by atoms with Gasteiger partial charge in [-0.2, -0.15) is 0 Å². The number of anilines is 2. The molecule has 1 N–H and O–H groups in total. The van der Waals surface area contributed by atoms with Crippen molar-refractivity contribution in [3.05, 3.63) is 36.4 Å². The van der Waals surface area contributed by atoms with E-state index in [1.54, 1.807) is 31.9 Å². The molecule has 1 aromatic carbocycles. The number of rotatable bonds is 7. The molecule has 0 unspecified atom stereocenters. The summed E-state index contributed by atoms with van der Waals surface area (Å²) in [6.45, 7) is 4.63. The molecule has 0 bridgehead atoms. The van der Waals surface area contributed by atoms with Gasteiger partial charge in [0.25, 0.3) is 0 Å². The summed E-state index contributed by atoms with van der Waals surface area (Å²) in [5.41, 5.74) is 1.94. The van der Waals surface area contributed by atoms with Crippen molar-refractivity contribution >= 4 is 22.2 Å². The Kier molecular flexibility index (Phi) is 5.81. The fourth-order valence-corrected chi connectivity index (χ4v) is 4.10. The van der Waals surface area contributed by atoms with Gasteiger partial charge in [0.1, 0.15) is 6.33 Å². The van der Waals surface area contributed by atoms with E-state index in [9.17, 15) is 0 Å². The summed E-state index contributed by atoms with van der Waals surface area (Å²) < 4.78 is 12.6. The van der Waals surface area contributed by atoms with E-state index in [0.29, 0.717) is 18.0 Å². The van der Waals surface area contributed by atoms with Gasteiger partial charge in [0, 0.05) is 37.9 Å². The summed E-state index contributed by atoms with van der Waals surface area (Å²) in [7, 11) is 5.40. The molecule has 154 valence electrons. The van der Waals surface area contributed by atoms with Crippen LogP contribution in [0.15, 0.2) is 30.7 Å². The predicted molar refractivity (Wildman–Crippen MR) is 114 cm³/mol. The van der Waals surface area contributed by atoms with Crippen LogP contribution in [0.3, 0.4) is 0 Å². The summed E-state index contributed by atoms with van der Waals surface area (Å²) in [5, 5.41) is 14.0. The van der Waals surface area contributed by atoms with E-state index in [2.05, 4.69) is 37.3 Å². The van der Waals surface area contributed by atoms with Crippen molar-refractivity contribution in [2.45, 2.75) is 6.54 Å². The molecule has 0 aliphatic carbocycles. The average molecular weight is 416 g/mol. The number of nitrogens with zero attached hydrogens (tertiary/aromatic N) is 6. The van der Waals surface area contributed by atoms with Crippen LogP contribution in [-0.4, -0.2) is 72.1 Å². The van der Waals surface area contributed by atoms with Gasteiger partial charge in [0.2, 0.25) is 10.3 Å². The molecule has 1 aliphatic rings. The van der Waals surface area contributed by atoms with Gasteiger partial charge in [-0.3, -0.25) is 4.57 Å². The molecule has 0 radical (unpaired) electrons. The number of hydrogen-bond donors (Lipinski definition) is 1. The molecular weight excluding hydrogens is 390 g/mol. The first kappa shape index (κ1) is 19.5. The Morgan fingerprint density at radius 1 is 1.03 bits per heavy atom. The van der Waals surface area contributed by atoms with Gasteiger partial charge >= 0.3 is 0 Å². The highest BCUT2D eigenvalue weighted by Crippen LogP contribution is 2.30. The molecule has 1 saturated heterocycles. The van der Waals surface area contributed by atoms with Gasteiger partial charge in [-0.05, 0) is 19.2 Å². The zero-order valence-corrected chi connectivity index (χ0v) is 17.6. The summed E-state index contributed by atoms with van der Waals surface area (Å²) in [6, 6.07) is 5.75. The quantitative estimate of drug-likeness (QED) is 0.628. The van der Waals surface area contributed by atoms with Gasteiger partial charge in [0.15, 0.2) is 11.5 Å². The Bertz CT molecular complexity index is 950. The predicted octanol–water partition coefficient (Wildman–Crippen LogP) is 2.10. The molecule has 2 aromatic heterocycles. The minimum atomic E-state index is 0.596. The van der Waals surface area contributed by atoms with E-state index in [4.69, 9.17) is 9.47 Å². The Morgan fingerprint density at radius 2 is 1.79 bits per heavy atom. The molecule has 1 fully saturated rings. The third-order valence-corrected chi connectivity index (χ3v) is 5.94. The number of piperazine rings is 1. The first-order valence-corrected chi connectivity index (χ1v) is 10.2. The zero-order chi connectivity index (χ0) is 20.2. The van der Waals surface area contributed by atoms with Crippen LogP contribution in [0.5, 0.6) is 11.5 Å². The van der Waals surface area contributed by atoms with Gasteiger partial charge in [-0.15, -0.1) is 10.2 Å². The average Bonchev–Trinajstić information content (AvgIpc) is 3.42. The maximum atomic E-state index is 5.37. The number of ether oxygens (including phenoxy) is 2. The van der Waals surface area contributed by atoms with Crippen LogP contribution in [0.4, 0.5) is 10.8 Å². The number of imidazole rings is 1. The van der Waals surface area contributed by atoms with E-state index in [0.717, 1.165) is 47.8 Å². The second-order valence-corrected chi connectivity index (χ2v) is 7.77. The molecular formula is C19H25N7O2S. The molecule has 1 aliphatic heterocycles. The second-order valence-electron chi connectivity index (χ2n) is 6.84. The fourth-order valence-electron chi connectivity index (χ4n) is 3.20. The van der Waals surface area contributed by atoms with Crippen LogP contribution in [-0.2, 0) is 6.54 Å². The third kappa shape index (κ3) is 4.28. The van der Waals surface area contributed by atoms with Crippen LogP contribution in [0.2, 0.25) is 0 Å². The lowest BCUT2D eigenvalue weighted by molar-refractivity contribution is 0.312. The lowest BCUT2D eigenvalue weighted by atomic mass is 10.2. The third-order valence-electron chi connectivity index (χ3n) is 4.96. The SMILES string of the molecule is COc1ccc(NCc2cncn2-c2nnc(N3CCN(C)CC3)s2)cc1OC. The standard InChI is InChI=1S/C19H25N7O2S/c1-24-6-8-25(9-7-24)18-22-23-19(29-18)26-13-20-11-15(26)12-21-14-4-5-16(27-2)17(10-14)28-3/h4-5,10-11,13,21H,6-9,12H2,1-3H3. The molecule has 3 aromatic rings. The van der Waals surface area contributed by atoms with Crippen molar-refractivity contribution in [3.8, 4) is 16.6 Å². The van der Waals surface area contributed by atoms with E-state index >= 15 is 0 Å². The lowest BCUT2D eigenvalue weighted by Crippen LogP contribution is -2.44. The van der Waals surface area contributed by atoms with Crippen molar-refractivity contribution in [2.75, 3.05) is 57.7 Å². The van der Waals surface area contributed by atoms with Crippen LogP contribution in [0, 0.1) is 0 Å². The maximum absolute atomic E-state index is 5.37. The molecule has 10 heteroatoms. The molecule has 29 heavy (non-hydrogen) atoms. The van der Waals surface area contributed by atoms with E-state index < -0.39 is 0 Å². The summed E-state index contributed by atoms with van der Waals surface area (Å²) in [5.74, 6) is 1.39. The highest BCUT2D eigenvalue weighted by atomic mass is 32.1. The van der Waals surface area contributed by atoms with Gasteiger partial charge in [-0.25, -0.2) is 4.98 Å².